The van der Waals surface area contributed by atoms with E-state index in [9.17, 15) is 13.2 Å². The zero-order valence-electron chi connectivity index (χ0n) is 10.4. The molecule has 106 valence electrons. The number of anilines is 1. The highest BCUT2D eigenvalue weighted by Crippen LogP contribution is 2.37. The molecule has 1 aromatic rings. The van der Waals surface area contributed by atoms with E-state index < -0.39 is 11.7 Å². The third-order valence-corrected chi connectivity index (χ3v) is 3.49. The number of ether oxygens (including phenoxy) is 1. The maximum absolute atomic E-state index is 12.5. The summed E-state index contributed by atoms with van der Waals surface area (Å²) in [5, 5.41) is 3.24. The second-order valence-corrected chi connectivity index (χ2v) is 5.14. The van der Waals surface area contributed by atoms with Gasteiger partial charge in [-0.15, -0.1) is 0 Å². The van der Waals surface area contributed by atoms with Crippen LogP contribution < -0.4 is 5.32 Å². The molecule has 1 atom stereocenters. The Balaban J connectivity index is 2.12. The molecular formula is C13H15ClF3NO. The highest BCUT2D eigenvalue weighted by Gasteiger charge is 2.33. The fourth-order valence-electron chi connectivity index (χ4n) is 1.98. The van der Waals surface area contributed by atoms with E-state index in [1.54, 1.807) is 7.11 Å². The first-order valence-corrected chi connectivity index (χ1v) is 6.42. The van der Waals surface area contributed by atoms with Crippen LogP contribution in [0.15, 0.2) is 18.2 Å². The summed E-state index contributed by atoms with van der Waals surface area (Å²) in [6.07, 6.45) is -2.15. The van der Waals surface area contributed by atoms with Gasteiger partial charge in [0.25, 0.3) is 0 Å². The molecule has 0 spiro atoms. The molecular weight excluding hydrogens is 279 g/mol. The van der Waals surface area contributed by atoms with Crippen LogP contribution in [0.4, 0.5) is 18.9 Å². The molecule has 1 aromatic carbocycles. The summed E-state index contributed by atoms with van der Waals surface area (Å²) in [5.41, 5.74) is -0.221. The Kier molecular flexibility index (Phi) is 4.26. The van der Waals surface area contributed by atoms with E-state index in [2.05, 4.69) is 5.32 Å². The Morgan fingerprint density at radius 2 is 2.11 bits per heavy atom. The number of methoxy groups -OCH3 is 1. The van der Waals surface area contributed by atoms with Crippen molar-refractivity contribution in [2.75, 3.05) is 19.0 Å². The molecule has 1 saturated carbocycles. The molecule has 2 nitrogen and oxygen atoms in total. The molecule has 1 N–H and O–H groups in total. The van der Waals surface area contributed by atoms with E-state index in [1.165, 1.54) is 6.07 Å². The van der Waals surface area contributed by atoms with Crippen molar-refractivity contribution < 1.29 is 17.9 Å². The van der Waals surface area contributed by atoms with Gasteiger partial charge < -0.3 is 10.1 Å². The fourth-order valence-corrected chi connectivity index (χ4v) is 2.22. The largest absolute Gasteiger partial charge is 0.416 e. The molecule has 0 bridgehead atoms. The number of halogens is 4. The maximum Gasteiger partial charge on any atom is 0.416 e. The molecule has 0 amide bonds. The van der Waals surface area contributed by atoms with Gasteiger partial charge in [-0.1, -0.05) is 11.6 Å². The summed E-state index contributed by atoms with van der Waals surface area (Å²) < 4.78 is 42.7. The Labute approximate surface area is 114 Å². The lowest BCUT2D eigenvalue weighted by Crippen LogP contribution is -2.27. The molecule has 6 heteroatoms. The van der Waals surface area contributed by atoms with Gasteiger partial charge >= 0.3 is 6.18 Å². The lowest BCUT2D eigenvalue weighted by molar-refractivity contribution is -0.137. The first-order valence-electron chi connectivity index (χ1n) is 6.04. The molecule has 0 radical (unpaired) electrons. The fraction of sp³-hybridized carbons (Fsp3) is 0.538. The number of hydrogen-bond donors (Lipinski definition) is 1. The highest BCUT2D eigenvalue weighted by molar-refractivity contribution is 6.33. The van der Waals surface area contributed by atoms with Crippen LogP contribution in [-0.2, 0) is 10.9 Å². The Hall–Kier alpha value is -0.940. The van der Waals surface area contributed by atoms with Crippen LogP contribution >= 0.6 is 11.6 Å². The molecule has 1 aliphatic rings. The summed E-state index contributed by atoms with van der Waals surface area (Å²) in [5.74, 6) is 0.512. The van der Waals surface area contributed by atoms with E-state index in [4.69, 9.17) is 16.3 Å². The first-order chi connectivity index (χ1) is 8.91. The van der Waals surface area contributed by atoms with Gasteiger partial charge in [-0.25, -0.2) is 0 Å². The summed E-state index contributed by atoms with van der Waals surface area (Å²) in [4.78, 5) is 0. The van der Waals surface area contributed by atoms with Crippen molar-refractivity contribution >= 4 is 17.3 Å². The van der Waals surface area contributed by atoms with Crippen LogP contribution in [0.1, 0.15) is 18.4 Å². The molecule has 0 saturated heterocycles. The third kappa shape index (κ3) is 3.76. The van der Waals surface area contributed by atoms with Crippen molar-refractivity contribution in [3.63, 3.8) is 0 Å². The lowest BCUT2D eigenvalue weighted by atomic mass is 10.1. The van der Waals surface area contributed by atoms with Crippen LogP contribution in [0.25, 0.3) is 0 Å². The van der Waals surface area contributed by atoms with Crippen LogP contribution in [0.2, 0.25) is 5.02 Å². The Bertz CT molecular complexity index is 446. The number of benzene rings is 1. The van der Waals surface area contributed by atoms with Gasteiger partial charge in [0.1, 0.15) is 0 Å². The van der Waals surface area contributed by atoms with Gasteiger partial charge in [-0.3, -0.25) is 0 Å². The number of rotatable bonds is 5. The minimum Gasteiger partial charge on any atom is -0.383 e. The maximum atomic E-state index is 12.5. The van der Waals surface area contributed by atoms with Crippen molar-refractivity contribution in [1.82, 2.24) is 0 Å². The highest BCUT2D eigenvalue weighted by atomic mass is 35.5. The smallest absolute Gasteiger partial charge is 0.383 e. The van der Waals surface area contributed by atoms with Crippen molar-refractivity contribution in [3.8, 4) is 0 Å². The zero-order valence-corrected chi connectivity index (χ0v) is 11.2. The number of nitrogens with one attached hydrogen (secondary N) is 1. The summed E-state index contributed by atoms with van der Waals surface area (Å²) in [6.45, 7) is 0.516. The summed E-state index contributed by atoms with van der Waals surface area (Å²) in [6, 6.07) is 3.45. The standard InChI is InChI=1S/C13H15ClF3NO/c1-19-7-12(8-2-3-8)18-11-5-4-9(6-10(11)14)13(15,16)17/h4-6,8,12,18H,2-3,7H2,1H3. The van der Waals surface area contributed by atoms with E-state index in [-0.39, 0.29) is 11.1 Å². The van der Waals surface area contributed by atoms with E-state index >= 15 is 0 Å². The molecule has 1 unspecified atom stereocenters. The van der Waals surface area contributed by atoms with Crippen molar-refractivity contribution in [1.29, 1.82) is 0 Å². The van der Waals surface area contributed by atoms with Gasteiger partial charge in [-0.2, -0.15) is 13.2 Å². The predicted octanol–water partition coefficient (Wildman–Crippen LogP) is 4.20. The zero-order chi connectivity index (χ0) is 14.0. The summed E-state index contributed by atoms with van der Waals surface area (Å²) in [7, 11) is 1.60. The average molecular weight is 294 g/mol. The number of alkyl halides is 3. The van der Waals surface area contributed by atoms with Crippen LogP contribution in [0, 0.1) is 5.92 Å². The van der Waals surface area contributed by atoms with Gasteiger partial charge in [0, 0.05) is 7.11 Å². The van der Waals surface area contributed by atoms with E-state index in [0.717, 1.165) is 25.0 Å². The molecule has 0 aliphatic heterocycles. The Morgan fingerprint density at radius 3 is 2.58 bits per heavy atom. The van der Waals surface area contributed by atoms with Gasteiger partial charge in [0.2, 0.25) is 0 Å². The first kappa shape index (κ1) is 14.5. The van der Waals surface area contributed by atoms with Gasteiger partial charge in [0.15, 0.2) is 0 Å². The molecule has 2 rings (SSSR count). The SMILES string of the molecule is COCC(Nc1ccc(C(F)(F)F)cc1Cl)C1CC1. The topological polar surface area (TPSA) is 21.3 Å². The molecule has 19 heavy (non-hydrogen) atoms. The van der Waals surface area contributed by atoms with Crippen LogP contribution in [0.3, 0.4) is 0 Å². The minimum absolute atomic E-state index is 0.0802. The predicted molar refractivity (Wildman–Crippen MR) is 68.5 cm³/mol. The molecule has 1 aliphatic carbocycles. The quantitative estimate of drug-likeness (QED) is 0.878. The second kappa shape index (κ2) is 5.59. The van der Waals surface area contributed by atoms with E-state index in [0.29, 0.717) is 18.2 Å². The van der Waals surface area contributed by atoms with E-state index in [1.807, 2.05) is 0 Å². The molecule has 1 fully saturated rings. The Morgan fingerprint density at radius 1 is 1.42 bits per heavy atom. The second-order valence-electron chi connectivity index (χ2n) is 4.74. The van der Waals surface area contributed by atoms with Crippen LogP contribution in [0.5, 0.6) is 0 Å². The van der Waals surface area contributed by atoms with Gasteiger partial charge in [-0.05, 0) is 37.0 Å². The molecule has 0 aromatic heterocycles. The van der Waals surface area contributed by atoms with Crippen molar-refractivity contribution in [2.24, 2.45) is 5.92 Å². The van der Waals surface area contributed by atoms with Gasteiger partial charge in [0.05, 0.1) is 28.9 Å². The number of hydrogen-bond acceptors (Lipinski definition) is 2. The monoisotopic (exact) mass is 293 g/mol. The van der Waals surface area contributed by atoms with Crippen molar-refractivity contribution in [2.45, 2.75) is 25.1 Å². The van der Waals surface area contributed by atoms with Crippen LogP contribution in [-0.4, -0.2) is 19.8 Å². The average Bonchev–Trinajstić information content (AvgIpc) is 3.13. The lowest BCUT2D eigenvalue weighted by Gasteiger charge is -2.20. The normalized spacial score (nSPS) is 17.3. The molecule has 0 heterocycles. The third-order valence-electron chi connectivity index (χ3n) is 3.17. The minimum atomic E-state index is -4.37. The van der Waals surface area contributed by atoms with Crippen molar-refractivity contribution in [3.05, 3.63) is 28.8 Å². The summed E-state index contributed by atoms with van der Waals surface area (Å²) >= 11 is 5.90.